The molecule has 0 saturated heterocycles. The van der Waals surface area contributed by atoms with Crippen LogP contribution in [0.15, 0.2) is 54.6 Å². The normalized spacial score (nSPS) is 10.6. The molecule has 0 N–H and O–H groups in total. The van der Waals surface area contributed by atoms with Gasteiger partial charge >= 0.3 is 5.97 Å². The maximum absolute atomic E-state index is 12.8. The molecular formula is C18H13ClFNO3. The number of nitrogens with zero attached hydrogens (tertiary/aromatic N) is 1. The van der Waals surface area contributed by atoms with Gasteiger partial charge in [0.05, 0.1) is 11.1 Å². The lowest BCUT2D eigenvalue weighted by Gasteiger charge is -2.09. The molecule has 24 heavy (non-hydrogen) atoms. The van der Waals surface area contributed by atoms with Gasteiger partial charge in [0.1, 0.15) is 29.9 Å². The van der Waals surface area contributed by atoms with Crippen molar-refractivity contribution in [3.8, 4) is 5.75 Å². The van der Waals surface area contributed by atoms with Crippen molar-refractivity contribution in [2.45, 2.75) is 0 Å². The van der Waals surface area contributed by atoms with Crippen LogP contribution in [0.1, 0.15) is 10.4 Å². The molecule has 1 aromatic heterocycles. The Hall–Kier alpha value is -2.66. The van der Waals surface area contributed by atoms with Crippen LogP contribution < -0.4 is 4.74 Å². The second-order valence-electron chi connectivity index (χ2n) is 4.95. The molecule has 0 spiro atoms. The van der Waals surface area contributed by atoms with E-state index >= 15 is 0 Å². The molecule has 0 bridgehead atoms. The first kappa shape index (κ1) is 16.2. The van der Waals surface area contributed by atoms with Crippen LogP contribution in [0.3, 0.4) is 0 Å². The fourth-order valence-electron chi connectivity index (χ4n) is 2.21. The van der Waals surface area contributed by atoms with Crippen molar-refractivity contribution < 1.29 is 18.7 Å². The van der Waals surface area contributed by atoms with Crippen molar-refractivity contribution in [1.82, 2.24) is 4.98 Å². The van der Waals surface area contributed by atoms with Crippen LogP contribution in [-0.4, -0.2) is 24.2 Å². The number of carbonyl (C=O) groups excluding carboxylic acids is 1. The Labute approximate surface area is 142 Å². The van der Waals surface area contributed by atoms with Gasteiger partial charge in [-0.05, 0) is 36.4 Å². The van der Waals surface area contributed by atoms with E-state index in [9.17, 15) is 9.18 Å². The van der Waals surface area contributed by atoms with Crippen LogP contribution in [-0.2, 0) is 4.74 Å². The minimum Gasteiger partial charge on any atom is -0.490 e. The summed E-state index contributed by atoms with van der Waals surface area (Å²) in [5.41, 5.74) is 0.979. The number of hydrogen-bond donors (Lipinski definition) is 0. The number of esters is 1. The summed E-state index contributed by atoms with van der Waals surface area (Å²) >= 11 is 5.95. The zero-order chi connectivity index (χ0) is 16.9. The molecule has 0 fully saturated rings. The van der Waals surface area contributed by atoms with Gasteiger partial charge in [-0.3, -0.25) is 0 Å². The lowest BCUT2D eigenvalue weighted by Crippen LogP contribution is -2.13. The molecule has 3 rings (SSSR count). The summed E-state index contributed by atoms with van der Waals surface area (Å²) in [6, 6.07) is 14.3. The molecule has 0 saturated carbocycles. The number of aromatic nitrogens is 1. The summed E-state index contributed by atoms with van der Waals surface area (Å²) in [5, 5.41) is 0.898. The lowest BCUT2D eigenvalue weighted by atomic mass is 10.1. The first-order valence-electron chi connectivity index (χ1n) is 7.24. The predicted octanol–water partition coefficient (Wildman–Crippen LogP) is 4.26. The lowest BCUT2D eigenvalue weighted by molar-refractivity contribution is 0.0452. The largest absolute Gasteiger partial charge is 0.490 e. The molecule has 0 unspecified atom stereocenters. The molecule has 3 aromatic rings. The molecule has 0 aliphatic heterocycles. The zero-order valence-electron chi connectivity index (χ0n) is 12.5. The number of pyridine rings is 1. The van der Waals surface area contributed by atoms with E-state index in [1.807, 2.05) is 12.1 Å². The monoisotopic (exact) mass is 345 g/mol. The Kier molecular flexibility index (Phi) is 4.91. The van der Waals surface area contributed by atoms with E-state index in [2.05, 4.69) is 4.98 Å². The number of halogens is 2. The molecule has 0 aliphatic rings. The first-order valence-corrected chi connectivity index (χ1v) is 7.62. The van der Waals surface area contributed by atoms with Crippen molar-refractivity contribution in [3.63, 3.8) is 0 Å². The summed E-state index contributed by atoms with van der Waals surface area (Å²) in [5.74, 6) is -0.335. The number of carbonyl (C=O) groups is 1. The van der Waals surface area contributed by atoms with Gasteiger partial charge in [0.2, 0.25) is 0 Å². The van der Waals surface area contributed by atoms with E-state index in [0.29, 0.717) is 22.2 Å². The molecular weight excluding hydrogens is 333 g/mol. The Morgan fingerprint density at radius 3 is 2.62 bits per heavy atom. The molecule has 6 heteroatoms. The van der Waals surface area contributed by atoms with Gasteiger partial charge < -0.3 is 9.47 Å². The topological polar surface area (TPSA) is 48.4 Å². The second-order valence-corrected chi connectivity index (χ2v) is 5.34. The maximum Gasteiger partial charge on any atom is 0.339 e. The molecule has 2 aromatic carbocycles. The van der Waals surface area contributed by atoms with E-state index in [-0.39, 0.29) is 24.2 Å². The van der Waals surface area contributed by atoms with Crippen LogP contribution in [0.25, 0.3) is 10.9 Å². The zero-order valence-corrected chi connectivity index (χ0v) is 13.3. The van der Waals surface area contributed by atoms with Crippen LogP contribution >= 0.6 is 11.6 Å². The minimum absolute atomic E-state index is 0.0600. The van der Waals surface area contributed by atoms with E-state index in [0.717, 1.165) is 0 Å². The van der Waals surface area contributed by atoms with Gasteiger partial charge in [0.15, 0.2) is 0 Å². The van der Waals surface area contributed by atoms with E-state index < -0.39 is 5.97 Å². The van der Waals surface area contributed by atoms with Gasteiger partial charge in [-0.2, -0.15) is 0 Å². The number of para-hydroxylation sites is 1. The van der Waals surface area contributed by atoms with Crippen molar-refractivity contribution in [2.24, 2.45) is 0 Å². The number of ether oxygens (including phenoxy) is 2. The third kappa shape index (κ3) is 3.81. The van der Waals surface area contributed by atoms with Crippen molar-refractivity contribution >= 4 is 28.5 Å². The Bertz CT molecular complexity index is 868. The molecule has 122 valence electrons. The summed E-state index contributed by atoms with van der Waals surface area (Å²) in [7, 11) is 0. The predicted molar refractivity (Wildman–Crippen MR) is 88.9 cm³/mol. The van der Waals surface area contributed by atoms with Crippen LogP contribution in [0.5, 0.6) is 5.75 Å². The van der Waals surface area contributed by atoms with E-state index in [1.54, 1.807) is 12.1 Å². The van der Waals surface area contributed by atoms with Crippen molar-refractivity contribution in [3.05, 3.63) is 71.1 Å². The smallest absolute Gasteiger partial charge is 0.339 e. The van der Waals surface area contributed by atoms with Crippen molar-refractivity contribution in [1.29, 1.82) is 0 Å². The standard InChI is InChI=1S/C18H13ClFNO3/c19-17-11-15(14-3-1-2-4-16(14)21-17)18(22)24-10-9-23-13-7-5-12(20)6-8-13/h1-8,11H,9-10H2. The highest BCUT2D eigenvalue weighted by atomic mass is 35.5. The van der Waals surface area contributed by atoms with Crippen LogP contribution in [0.2, 0.25) is 5.15 Å². The first-order chi connectivity index (χ1) is 11.6. The summed E-state index contributed by atoms with van der Waals surface area (Å²) in [6.45, 7) is 0.221. The van der Waals surface area contributed by atoms with Crippen LogP contribution in [0.4, 0.5) is 4.39 Å². The minimum atomic E-state index is -0.502. The van der Waals surface area contributed by atoms with Gasteiger partial charge in [0.25, 0.3) is 0 Å². The average Bonchev–Trinajstić information content (AvgIpc) is 2.59. The van der Waals surface area contributed by atoms with Gasteiger partial charge in [-0.1, -0.05) is 29.8 Å². The molecule has 0 aliphatic carbocycles. The Balaban J connectivity index is 1.62. The second kappa shape index (κ2) is 7.27. The fraction of sp³-hybridized carbons (Fsp3) is 0.111. The highest BCUT2D eigenvalue weighted by molar-refractivity contribution is 6.30. The molecule has 1 heterocycles. The Morgan fingerprint density at radius 2 is 1.83 bits per heavy atom. The van der Waals surface area contributed by atoms with E-state index in [1.165, 1.54) is 30.3 Å². The van der Waals surface area contributed by atoms with Gasteiger partial charge in [-0.25, -0.2) is 14.2 Å². The van der Waals surface area contributed by atoms with Crippen molar-refractivity contribution in [2.75, 3.05) is 13.2 Å². The maximum atomic E-state index is 12.8. The van der Waals surface area contributed by atoms with Crippen LogP contribution in [0, 0.1) is 5.82 Å². The highest BCUT2D eigenvalue weighted by Crippen LogP contribution is 2.21. The molecule has 0 amide bonds. The molecule has 0 radical (unpaired) electrons. The molecule has 0 atom stereocenters. The third-order valence-electron chi connectivity index (χ3n) is 3.30. The summed E-state index contributed by atoms with van der Waals surface area (Å²) in [4.78, 5) is 16.4. The number of rotatable bonds is 5. The number of hydrogen-bond acceptors (Lipinski definition) is 4. The quantitative estimate of drug-likeness (QED) is 0.394. The van der Waals surface area contributed by atoms with Gasteiger partial charge in [0, 0.05) is 5.39 Å². The summed E-state index contributed by atoms with van der Waals surface area (Å²) in [6.07, 6.45) is 0. The highest BCUT2D eigenvalue weighted by Gasteiger charge is 2.13. The third-order valence-corrected chi connectivity index (χ3v) is 3.50. The fourth-order valence-corrected chi connectivity index (χ4v) is 2.41. The molecule has 4 nitrogen and oxygen atoms in total. The average molecular weight is 346 g/mol. The Morgan fingerprint density at radius 1 is 1.08 bits per heavy atom. The number of benzene rings is 2. The SMILES string of the molecule is O=C(OCCOc1ccc(F)cc1)c1cc(Cl)nc2ccccc12. The summed E-state index contributed by atoms with van der Waals surface area (Å²) < 4.78 is 23.4. The van der Waals surface area contributed by atoms with Gasteiger partial charge in [-0.15, -0.1) is 0 Å². The van der Waals surface area contributed by atoms with E-state index in [4.69, 9.17) is 21.1 Å². The number of fused-ring (bicyclic) bond motifs is 1.